The van der Waals surface area contributed by atoms with E-state index in [4.69, 9.17) is 23.2 Å². The number of hydrogen-bond acceptors (Lipinski definition) is 3. The number of hydrogen-bond donors (Lipinski definition) is 1. The Morgan fingerprint density at radius 1 is 1.04 bits per heavy atom. The minimum atomic E-state index is -0.986. The maximum absolute atomic E-state index is 12.6. The molecule has 0 fully saturated rings. The van der Waals surface area contributed by atoms with Crippen molar-refractivity contribution in [2.75, 3.05) is 5.32 Å². The minimum absolute atomic E-state index is 0.149. The average molecular weight is 391 g/mol. The van der Waals surface area contributed by atoms with Crippen LogP contribution in [0.1, 0.15) is 38.8 Å². The van der Waals surface area contributed by atoms with Gasteiger partial charge in [0.15, 0.2) is 0 Å². The third kappa shape index (κ3) is 2.97. The van der Waals surface area contributed by atoms with Crippen LogP contribution in [0.2, 0.25) is 10.0 Å². The van der Waals surface area contributed by atoms with Crippen LogP contribution in [-0.2, 0) is 4.79 Å². The fraction of sp³-hybridized carbons (Fsp3) is 0.211. The predicted molar refractivity (Wildman–Crippen MR) is 101 cm³/mol. The Morgan fingerprint density at radius 3 is 2.12 bits per heavy atom. The largest absolute Gasteiger partial charge is 0.324 e. The highest BCUT2D eigenvalue weighted by molar-refractivity contribution is 6.43. The van der Waals surface area contributed by atoms with Crippen molar-refractivity contribution in [2.24, 2.45) is 0 Å². The van der Waals surface area contributed by atoms with Crippen molar-refractivity contribution in [1.29, 1.82) is 0 Å². The average Bonchev–Trinajstić information content (AvgIpc) is 2.82. The zero-order chi connectivity index (χ0) is 19.2. The van der Waals surface area contributed by atoms with Gasteiger partial charge in [0.2, 0.25) is 5.91 Å². The first-order valence-electron chi connectivity index (χ1n) is 7.96. The molecule has 0 aromatic heterocycles. The van der Waals surface area contributed by atoms with Crippen molar-refractivity contribution >= 4 is 46.6 Å². The lowest BCUT2D eigenvalue weighted by molar-refractivity contribution is -0.119. The zero-order valence-electron chi connectivity index (χ0n) is 14.4. The second-order valence-corrected chi connectivity index (χ2v) is 7.02. The summed E-state index contributed by atoms with van der Waals surface area (Å²) in [6.07, 6.45) is 0. The number of benzene rings is 2. The number of nitrogens with one attached hydrogen (secondary N) is 1. The number of amides is 3. The Morgan fingerprint density at radius 2 is 1.58 bits per heavy atom. The summed E-state index contributed by atoms with van der Waals surface area (Å²) in [5.41, 5.74) is 2.89. The van der Waals surface area contributed by atoms with Crippen molar-refractivity contribution in [1.82, 2.24) is 4.90 Å². The van der Waals surface area contributed by atoms with Gasteiger partial charge in [0.1, 0.15) is 6.04 Å². The molecule has 1 aliphatic heterocycles. The molecule has 0 bridgehead atoms. The summed E-state index contributed by atoms with van der Waals surface area (Å²) >= 11 is 11.9. The highest BCUT2D eigenvalue weighted by atomic mass is 35.5. The molecule has 2 aromatic carbocycles. The van der Waals surface area contributed by atoms with Gasteiger partial charge in [-0.1, -0.05) is 35.3 Å². The fourth-order valence-electron chi connectivity index (χ4n) is 2.85. The van der Waals surface area contributed by atoms with Crippen molar-refractivity contribution in [3.63, 3.8) is 0 Å². The van der Waals surface area contributed by atoms with Crippen LogP contribution in [0.4, 0.5) is 5.69 Å². The molecule has 0 radical (unpaired) electrons. The third-order valence-corrected chi connectivity index (χ3v) is 5.31. The zero-order valence-corrected chi connectivity index (χ0v) is 15.9. The summed E-state index contributed by atoms with van der Waals surface area (Å²) in [5, 5.41) is 3.14. The number of imide groups is 1. The molecule has 3 rings (SSSR count). The predicted octanol–water partition coefficient (Wildman–Crippen LogP) is 4.23. The first kappa shape index (κ1) is 18.4. The molecule has 1 atom stereocenters. The van der Waals surface area contributed by atoms with Gasteiger partial charge in [-0.15, -0.1) is 0 Å². The summed E-state index contributed by atoms with van der Waals surface area (Å²) in [6.45, 7) is 5.33. The van der Waals surface area contributed by atoms with Gasteiger partial charge in [-0.05, 0) is 50.1 Å². The van der Waals surface area contributed by atoms with E-state index in [9.17, 15) is 14.4 Å². The first-order chi connectivity index (χ1) is 12.2. The van der Waals surface area contributed by atoms with E-state index in [1.165, 1.54) is 19.1 Å². The van der Waals surface area contributed by atoms with Crippen LogP contribution >= 0.6 is 23.2 Å². The smallest absolute Gasteiger partial charge is 0.262 e. The lowest BCUT2D eigenvalue weighted by atomic mass is 10.1. The number of fused-ring (bicyclic) bond motifs is 1. The number of halogens is 2. The molecule has 0 aliphatic carbocycles. The van der Waals surface area contributed by atoms with E-state index in [1.807, 2.05) is 26.0 Å². The lowest BCUT2D eigenvalue weighted by Gasteiger charge is -2.22. The van der Waals surface area contributed by atoms with Gasteiger partial charge in [0.05, 0.1) is 21.2 Å². The highest BCUT2D eigenvalue weighted by Crippen LogP contribution is 2.32. The molecule has 2 aromatic rings. The molecule has 26 heavy (non-hydrogen) atoms. The summed E-state index contributed by atoms with van der Waals surface area (Å²) in [7, 11) is 0. The Balaban J connectivity index is 1.87. The Bertz CT molecular complexity index is 915. The van der Waals surface area contributed by atoms with Crippen LogP contribution in [-0.4, -0.2) is 28.7 Å². The highest BCUT2D eigenvalue weighted by Gasteiger charge is 2.41. The van der Waals surface area contributed by atoms with Crippen LogP contribution in [0.25, 0.3) is 0 Å². The molecule has 1 N–H and O–H groups in total. The van der Waals surface area contributed by atoms with Gasteiger partial charge in [0, 0.05) is 5.69 Å². The van der Waals surface area contributed by atoms with Crippen molar-refractivity contribution in [2.45, 2.75) is 26.8 Å². The number of rotatable bonds is 3. The summed E-state index contributed by atoms with van der Waals surface area (Å²) < 4.78 is 0. The van der Waals surface area contributed by atoms with Crippen LogP contribution in [0.3, 0.4) is 0 Å². The third-order valence-electron chi connectivity index (χ3n) is 4.59. The normalized spacial score (nSPS) is 14.4. The fourth-order valence-corrected chi connectivity index (χ4v) is 3.17. The van der Waals surface area contributed by atoms with Gasteiger partial charge in [-0.2, -0.15) is 0 Å². The molecule has 3 amide bonds. The number of anilines is 1. The van der Waals surface area contributed by atoms with E-state index in [0.29, 0.717) is 5.69 Å². The van der Waals surface area contributed by atoms with Gasteiger partial charge < -0.3 is 5.32 Å². The molecule has 0 spiro atoms. The Hall–Kier alpha value is -2.37. The summed E-state index contributed by atoms with van der Waals surface area (Å²) in [6, 6.07) is 7.26. The molecule has 134 valence electrons. The molecular weight excluding hydrogens is 375 g/mol. The number of carbonyl (C=O) groups is 3. The SMILES string of the molecule is Cc1cccc(NC(=O)C(C)N2C(=O)c3cc(Cl)c(Cl)cc3C2=O)c1C. The second-order valence-electron chi connectivity index (χ2n) is 6.20. The molecule has 1 unspecified atom stereocenters. The Labute approximate surface area is 160 Å². The van der Waals surface area contributed by atoms with E-state index in [-0.39, 0.29) is 21.2 Å². The van der Waals surface area contributed by atoms with Gasteiger partial charge in [-0.3, -0.25) is 19.3 Å². The molecular formula is C19H16Cl2N2O3. The van der Waals surface area contributed by atoms with Gasteiger partial charge in [-0.25, -0.2) is 0 Å². The minimum Gasteiger partial charge on any atom is -0.324 e. The first-order valence-corrected chi connectivity index (χ1v) is 8.72. The number of aryl methyl sites for hydroxylation is 1. The maximum Gasteiger partial charge on any atom is 0.262 e. The van der Waals surface area contributed by atoms with Crippen LogP contribution in [0.5, 0.6) is 0 Å². The quantitative estimate of drug-likeness (QED) is 0.797. The molecule has 0 saturated heterocycles. The molecule has 1 aliphatic rings. The van der Waals surface area contributed by atoms with E-state index < -0.39 is 23.8 Å². The Kier molecular flexibility index (Phi) is 4.78. The molecule has 0 saturated carbocycles. The van der Waals surface area contributed by atoms with Crippen molar-refractivity contribution in [3.8, 4) is 0 Å². The number of carbonyl (C=O) groups excluding carboxylic acids is 3. The van der Waals surface area contributed by atoms with E-state index in [0.717, 1.165) is 16.0 Å². The number of nitrogens with zero attached hydrogens (tertiary/aromatic N) is 1. The van der Waals surface area contributed by atoms with Crippen LogP contribution in [0, 0.1) is 13.8 Å². The summed E-state index contributed by atoms with van der Waals surface area (Å²) in [5.74, 6) is -1.58. The topological polar surface area (TPSA) is 66.5 Å². The summed E-state index contributed by atoms with van der Waals surface area (Å²) in [4.78, 5) is 38.8. The molecule has 5 nitrogen and oxygen atoms in total. The van der Waals surface area contributed by atoms with Crippen LogP contribution in [0.15, 0.2) is 30.3 Å². The van der Waals surface area contributed by atoms with E-state index in [1.54, 1.807) is 6.07 Å². The van der Waals surface area contributed by atoms with Gasteiger partial charge in [0.25, 0.3) is 11.8 Å². The molecule has 1 heterocycles. The van der Waals surface area contributed by atoms with E-state index >= 15 is 0 Å². The lowest BCUT2D eigenvalue weighted by Crippen LogP contribution is -2.45. The monoisotopic (exact) mass is 390 g/mol. The van der Waals surface area contributed by atoms with E-state index in [2.05, 4.69) is 5.32 Å². The van der Waals surface area contributed by atoms with Crippen molar-refractivity contribution in [3.05, 3.63) is 62.6 Å². The van der Waals surface area contributed by atoms with Crippen molar-refractivity contribution < 1.29 is 14.4 Å². The van der Waals surface area contributed by atoms with Gasteiger partial charge >= 0.3 is 0 Å². The molecule has 7 heteroatoms. The second kappa shape index (κ2) is 6.74. The maximum atomic E-state index is 12.6. The standard InChI is InChI=1S/C19H16Cl2N2O3/c1-9-5-4-6-16(10(9)2)22-17(24)11(3)23-18(25)12-7-14(20)15(21)8-13(12)19(23)26/h4-8,11H,1-3H3,(H,22,24). The van der Waals surface area contributed by atoms with Crippen LogP contribution < -0.4 is 5.32 Å².